The number of hydrogen-bond donors (Lipinski definition) is 3. The lowest BCUT2D eigenvalue weighted by molar-refractivity contribution is -0.138. The van der Waals surface area contributed by atoms with Crippen LogP contribution >= 0.6 is 18.8 Å². The first kappa shape index (κ1) is 27.1. The van der Waals surface area contributed by atoms with E-state index >= 15 is 0 Å². The average Bonchev–Trinajstić information content (AvgIpc) is 3.34. The first-order valence-electron chi connectivity index (χ1n) is 11.0. The molecule has 0 radical (unpaired) electrons. The fraction of sp³-hybridized carbons (Fsp3) is 0.545. The topological polar surface area (TPSA) is 129 Å². The van der Waals surface area contributed by atoms with E-state index < -0.39 is 13.4 Å². The number of aromatic nitrogens is 1. The second kappa shape index (κ2) is 11.8. The van der Waals surface area contributed by atoms with Gasteiger partial charge in [-0.15, -0.1) is 11.3 Å². The molecule has 0 spiro atoms. The van der Waals surface area contributed by atoms with Crippen molar-refractivity contribution in [2.75, 3.05) is 18.9 Å². The van der Waals surface area contributed by atoms with E-state index in [0.29, 0.717) is 29.1 Å². The summed E-state index contributed by atoms with van der Waals surface area (Å²) in [7, 11) is -3.68. The molecule has 4 N–H and O–H groups in total. The highest BCUT2D eigenvalue weighted by Crippen LogP contribution is 2.40. The van der Waals surface area contributed by atoms with E-state index in [2.05, 4.69) is 35.6 Å². The largest absolute Gasteiger partial charge is 0.461 e. The number of carbonyl (C=O) groups excluding carboxylic acids is 1. The number of rotatable bonds is 13. The van der Waals surface area contributed by atoms with Gasteiger partial charge in [-0.3, -0.25) is 4.57 Å². The van der Waals surface area contributed by atoms with Crippen LogP contribution in [0, 0.1) is 5.92 Å². The van der Waals surface area contributed by atoms with Crippen molar-refractivity contribution in [3.05, 3.63) is 29.3 Å². The van der Waals surface area contributed by atoms with Crippen molar-refractivity contribution in [2.24, 2.45) is 5.92 Å². The SMILES string of the molecule is C=C(NP(=O)(N[C@@H](C)C(C)OCC)c1ccc(-c2nc(N)sc2CC(C)C)o1)C(=O)OCC. The molecule has 2 unspecified atom stereocenters. The quantitative estimate of drug-likeness (QED) is 0.213. The molecule has 2 aromatic heterocycles. The third kappa shape index (κ3) is 7.17. The lowest BCUT2D eigenvalue weighted by Crippen LogP contribution is -2.41. The summed E-state index contributed by atoms with van der Waals surface area (Å²) in [4.78, 5) is 17.6. The summed E-state index contributed by atoms with van der Waals surface area (Å²) < 4.78 is 30.7. The third-order valence-electron chi connectivity index (χ3n) is 4.78. The fourth-order valence-corrected chi connectivity index (χ4v) is 6.22. The zero-order valence-electron chi connectivity index (χ0n) is 20.1. The Morgan fingerprint density at radius 3 is 2.58 bits per heavy atom. The Hall–Kier alpha value is -2.13. The maximum Gasteiger partial charge on any atom is 0.354 e. The molecule has 2 rings (SSSR count). The molecular formula is C22H35N4O5PS. The van der Waals surface area contributed by atoms with Crippen molar-refractivity contribution in [3.8, 4) is 11.5 Å². The van der Waals surface area contributed by atoms with Gasteiger partial charge in [-0.2, -0.15) is 0 Å². The highest BCUT2D eigenvalue weighted by Gasteiger charge is 2.34. The summed E-state index contributed by atoms with van der Waals surface area (Å²) >= 11 is 1.41. The number of nitrogens with zero attached hydrogens (tertiary/aromatic N) is 1. The Morgan fingerprint density at radius 1 is 1.27 bits per heavy atom. The van der Waals surface area contributed by atoms with Crippen LogP contribution in [0.1, 0.15) is 46.4 Å². The van der Waals surface area contributed by atoms with E-state index in [1.54, 1.807) is 19.1 Å². The first-order chi connectivity index (χ1) is 15.5. The molecule has 0 aliphatic rings. The molecule has 3 atom stereocenters. The molecule has 33 heavy (non-hydrogen) atoms. The van der Waals surface area contributed by atoms with Crippen LogP contribution in [0.5, 0.6) is 0 Å². The molecule has 0 fully saturated rings. The van der Waals surface area contributed by atoms with Gasteiger partial charge in [0.1, 0.15) is 11.4 Å². The maximum atomic E-state index is 14.1. The van der Waals surface area contributed by atoms with Crippen molar-refractivity contribution in [2.45, 2.75) is 60.1 Å². The van der Waals surface area contributed by atoms with Crippen molar-refractivity contribution >= 4 is 35.4 Å². The number of nitrogen functional groups attached to an aromatic ring is 1. The fourth-order valence-electron chi connectivity index (χ4n) is 3.10. The van der Waals surface area contributed by atoms with Crippen molar-refractivity contribution in [1.29, 1.82) is 0 Å². The van der Waals surface area contributed by atoms with E-state index in [1.807, 2.05) is 20.8 Å². The Bertz CT molecular complexity index is 1000. The minimum atomic E-state index is -3.68. The van der Waals surface area contributed by atoms with Gasteiger partial charge in [-0.1, -0.05) is 20.4 Å². The van der Waals surface area contributed by atoms with Crippen LogP contribution in [0.2, 0.25) is 0 Å². The Labute approximate surface area is 199 Å². The van der Waals surface area contributed by atoms with Crippen LogP contribution in [0.4, 0.5) is 5.13 Å². The summed E-state index contributed by atoms with van der Waals surface area (Å²) in [5.74, 6) is 0.161. The molecule has 2 aromatic rings. The smallest absolute Gasteiger partial charge is 0.354 e. The molecule has 0 aliphatic heterocycles. The molecule has 0 amide bonds. The van der Waals surface area contributed by atoms with Crippen LogP contribution in [0.3, 0.4) is 0 Å². The number of nitrogens with one attached hydrogen (secondary N) is 2. The molecule has 9 nitrogen and oxygen atoms in total. The molecule has 0 saturated carbocycles. The monoisotopic (exact) mass is 498 g/mol. The van der Waals surface area contributed by atoms with Crippen molar-refractivity contribution < 1.29 is 23.3 Å². The normalized spacial score (nSPS) is 15.1. The number of thiazole rings is 1. The van der Waals surface area contributed by atoms with Crippen molar-refractivity contribution in [1.82, 2.24) is 15.2 Å². The highest BCUT2D eigenvalue weighted by atomic mass is 32.1. The molecule has 184 valence electrons. The third-order valence-corrected chi connectivity index (χ3v) is 7.90. The van der Waals surface area contributed by atoms with Gasteiger partial charge >= 0.3 is 5.97 Å². The molecular weight excluding hydrogens is 463 g/mol. The van der Waals surface area contributed by atoms with E-state index in [0.717, 1.165) is 11.3 Å². The van der Waals surface area contributed by atoms with E-state index in [4.69, 9.17) is 19.6 Å². The average molecular weight is 499 g/mol. The standard InChI is InChI=1S/C22H35N4O5PS/c1-8-29-16(7)14(5)25-32(28,26-15(6)21(27)30-9-2)19-11-10-17(31-19)20-18(12-13(3)4)33-22(23)24-20/h10-11,13-14,16H,6,8-9,12H2,1-5,7H3,(H2,23,24)(H2,25,26,28)/t14-,16?,32?/m0/s1. The van der Waals surface area contributed by atoms with Gasteiger partial charge < -0.3 is 24.7 Å². The summed E-state index contributed by atoms with van der Waals surface area (Å²) in [6, 6.07) is 2.97. The zero-order valence-corrected chi connectivity index (χ0v) is 21.8. The molecule has 0 bridgehead atoms. The predicted octanol–water partition coefficient (Wildman–Crippen LogP) is 4.07. The number of carbonyl (C=O) groups is 1. The van der Waals surface area contributed by atoms with E-state index in [-0.39, 0.29) is 30.0 Å². The van der Waals surface area contributed by atoms with Gasteiger partial charge in [0.15, 0.2) is 16.4 Å². The van der Waals surface area contributed by atoms with Gasteiger partial charge in [0.05, 0.1) is 12.7 Å². The number of esters is 1. The number of furan rings is 1. The minimum absolute atomic E-state index is 0.126. The van der Waals surface area contributed by atoms with Crippen LogP contribution in [0.25, 0.3) is 11.5 Å². The number of hydrogen-bond acceptors (Lipinski definition) is 8. The molecule has 0 saturated heterocycles. The predicted molar refractivity (Wildman–Crippen MR) is 133 cm³/mol. The molecule has 0 aromatic carbocycles. The Balaban J connectivity index is 2.42. The van der Waals surface area contributed by atoms with Gasteiger partial charge in [-0.25, -0.2) is 14.9 Å². The van der Waals surface area contributed by atoms with Gasteiger partial charge in [0.25, 0.3) is 7.44 Å². The lowest BCUT2D eigenvalue weighted by Gasteiger charge is -2.27. The van der Waals surface area contributed by atoms with Crippen LogP contribution in [-0.4, -0.2) is 36.3 Å². The molecule has 0 aliphatic carbocycles. The van der Waals surface area contributed by atoms with Gasteiger partial charge in [0.2, 0.25) is 0 Å². The van der Waals surface area contributed by atoms with E-state index in [1.165, 1.54) is 11.3 Å². The van der Waals surface area contributed by atoms with Crippen LogP contribution in [-0.2, 0) is 25.3 Å². The number of nitrogens with two attached hydrogens (primary N) is 1. The highest BCUT2D eigenvalue weighted by molar-refractivity contribution is 7.67. The number of anilines is 1. The van der Waals surface area contributed by atoms with Gasteiger partial charge in [0, 0.05) is 17.5 Å². The first-order valence-corrected chi connectivity index (χ1v) is 13.5. The van der Waals surface area contributed by atoms with Crippen LogP contribution < -0.4 is 21.4 Å². The summed E-state index contributed by atoms with van der Waals surface area (Å²) in [6.45, 7) is 15.9. The summed E-state index contributed by atoms with van der Waals surface area (Å²) in [5, 5.41) is 6.21. The Morgan fingerprint density at radius 2 is 1.97 bits per heavy atom. The Kier molecular flexibility index (Phi) is 9.72. The maximum absolute atomic E-state index is 14.1. The minimum Gasteiger partial charge on any atom is -0.461 e. The zero-order chi connectivity index (χ0) is 24.8. The molecule has 11 heteroatoms. The van der Waals surface area contributed by atoms with Gasteiger partial charge in [-0.05, 0) is 52.2 Å². The molecule has 2 heterocycles. The van der Waals surface area contributed by atoms with E-state index in [9.17, 15) is 9.36 Å². The van der Waals surface area contributed by atoms with Crippen LogP contribution in [0.15, 0.2) is 28.8 Å². The lowest BCUT2D eigenvalue weighted by atomic mass is 10.1. The summed E-state index contributed by atoms with van der Waals surface area (Å²) in [5.41, 5.74) is 6.57. The second-order valence-electron chi connectivity index (χ2n) is 8.06. The second-order valence-corrected chi connectivity index (χ2v) is 11.3. The summed E-state index contributed by atoms with van der Waals surface area (Å²) in [6.07, 6.45) is 0.545. The number of ether oxygens (including phenoxy) is 2. The van der Waals surface area contributed by atoms with Crippen molar-refractivity contribution in [3.63, 3.8) is 0 Å².